The maximum absolute atomic E-state index is 13.3. The molecule has 0 atom stereocenters. The first-order chi connectivity index (χ1) is 15.8. The number of carbonyl (C=O) groups excluding carboxylic acids is 1. The molecule has 7 nitrogen and oxygen atoms in total. The van der Waals surface area contributed by atoms with Crippen LogP contribution >= 0.6 is 0 Å². The Hall–Kier alpha value is -3.52. The fourth-order valence-corrected chi connectivity index (χ4v) is 4.63. The third-order valence-electron chi connectivity index (χ3n) is 5.00. The minimum absolute atomic E-state index is 0.104. The lowest BCUT2D eigenvalue weighted by Crippen LogP contribution is -2.41. The molecule has 174 valence electrons. The van der Waals surface area contributed by atoms with Gasteiger partial charge in [-0.3, -0.25) is 9.10 Å². The number of sulfonamides is 1. The molecule has 0 heterocycles. The first-order valence-electron chi connectivity index (χ1n) is 10.5. The molecule has 0 radical (unpaired) electrons. The van der Waals surface area contributed by atoms with E-state index in [0.29, 0.717) is 11.4 Å². The van der Waals surface area contributed by atoms with Crippen LogP contribution in [-0.4, -0.2) is 41.1 Å². The Kier molecular flexibility index (Phi) is 7.95. The highest BCUT2D eigenvalue weighted by Crippen LogP contribution is 2.25. The van der Waals surface area contributed by atoms with Crippen LogP contribution in [0.3, 0.4) is 0 Å². The van der Waals surface area contributed by atoms with Crippen molar-refractivity contribution in [2.45, 2.75) is 18.7 Å². The van der Waals surface area contributed by atoms with Crippen molar-refractivity contribution in [2.75, 3.05) is 31.1 Å². The number of nitrogens with one attached hydrogen (secondary N) is 1. The number of benzene rings is 3. The third-order valence-corrected chi connectivity index (χ3v) is 6.79. The molecule has 8 heteroatoms. The third kappa shape index (κ3) is 6.26. The summed E-state index contributed by atoms with van der Waals surface area (Å²) in [5.41, 5.74) is 2.45. The van der Waals surface area contributed by atoms with Crippen LogP contribution < -0.4 is 19.1 Å². The molecule has 33 heavy (non-hydrogen) atoms. The minimum Gasteiger partial charge on any atom is -0.497 e. The lowest BCUT2D eigenvalue weighted by molar-refractivity contribution is -0.119. The van der Waals surface area contributed by atoms with E-state index in [1.807, 2.05) is 32.0 Å². The number of anilines is 1. The van der Waals surface area contributed by atoms with Crippen molar-refractivity contribution in [3.8, 4) is 11.5 Å². The van der Waals surface area contributed by atoms with Crippen LogP contribution in [0.4, 0.5) is 5.69 Å². The van der Waals surface area contributed by atoms with Crippen molar-refractivity contribution in [2.24, 2.45) is 0 Å². The molecule has 3 rings (SSSR count). The average molecular weight is 469 g/mol. The van der Waals surface area contributed by atoms with Crippen molar-refractivity contribution in [3.63, 3.8) is 0 Å². The number of carbonyl (C=O) groups is 1. The first kappa shape index (κ1) is 24.1. The molecule has 0 fully saturated rings. The number of methoxy groups -OCH3 is 1. The summed E-state index contributed by atoms with van der Waals surface area (Å²) in [6.45, 7) is 4.08. The van der Waals surface area contributed by atoms with Crippen molar-refractivity contribution in [1.82, 2.24) is 5.32 Å². The number of ether oxygens (including phenoxy) is 2. The van der Waals surface area contributed by atoms with Gasteiger partial charge in [0.05, 0.1) is 24.2 Å². The molecule has 0 aliphatic carbocycles. The number of rotatable bonds is 10. The van der Waals surface area contributed by atoms with Gasteiger partial charge in [0.1, 0.15) is 24.7 Å². The summed E-state index contributed by atoms with van der Waals surface area (Å²) >= 11 is 0. The van der Waals surface area contributed by atoms with Gasteiger partial charge in [0.2, 0.25) is 5.91 Å². The Morgan fingerprint density at radius 1 is 0.970 bits per heavy atom. The standard InChI is InChI=1S/C25H28N2O5S/c1-19-9-10-20(2)24(17-19)32-16-15-26-25(28)18-27(21-11-13-22(31-3)14-12-21)33(29,30)23-7-5-4-6-8-23/h4-14,17H,15-16,18H2,1-3H3,(H,26,28). The largest absolute Gasteiger partial charge is 0.497 e. The predicted molar refractivity (Wildman–Crippen MR) is 128 cm³/mol. The Morgan fingerprint density at radius 3 is 2.33 bits per heavy atom. The summed E-state index contributed by atoms with van der Waals surface area (Å²) in [6.07, 6.45) is 0. The zero-order valence-corrected chi connectivity index (χ0v) is 19.8. The molecule has 3 aromatic rings. The van der Waals surface area contributed by atoms with Gasteiger partial charge in [0.15, 0.2) is 0 Å². The van der Waals surface area contributed by atoms with E-state index in [0.717, 1.165) is 21.2 Å². The highest BCUT2D eigenvalue weighted by molar-refractivity contribution is 7.92. The van der Waals surface area contributed by atoms with Crippen LogP contribution in [0.25, 0.3) is 0 Å². The number of nitrogens with zero attached hydrogens (tertiary/aromatic N) is 1. The second-order valence-corrected chi connectivity index (χ2v) is 9.35. The molecule has 0 bridgehead atoms. The Morgan fingerprint density at radius 2 is 1.67 bits per heavy atom. The van der Waals surface area contributed by atoms with E-state index in [9.17, 15) is 13.2 Å². The van der Waals surface area contributed by atoms with Crippen molar-refractivity contribution in [1.29, 1.82) is 0 Å². The maximum atomic E-state index is 13.3. The summed E-state index contributed by atoms with van der Waals surface area (Å²) in [5, 5.41) is 2.74. The molecular formula is C25H28N2O5S. The fourth-order valence-electron chi connectivity index (χ4n) is 3.18. The van der Waals surface area contributed by atoms with E-state index < -0.39 is 15.9 Å². The van der Waals surface area contributed by atoms with Crippen molar-refractivity contribution in [3.05, 3.63) is 83.9 Å². The van der Waals surface area contributed by atoms with Crippen LogP contribution in [0.2, 0.25) is 0 Å². The van der Waals surface area contributed by atoms with Crippen molar-refractivity contribution >= 4 is 21.6 Å². The smallest absolute Gasteiger partial charge is 0.264 e. The maximum Gasteiger partial charge on any atom is 0.264 e. The summed E-state index contributed by atoms with van der Waals surface area (Å²) < 4.78 is 38.6. The second-order valence-electron chi connectivity index (χ2n) is 7.49. The molecule has 0 unspecified atom stereocenters. The van der Waals surface area contributed by atoms with Gasteiger partial charge in [-0.25, -0.2) is 8.42 Å². The SMILES string of the molecule is COc1ccc(N(CC(=O)NCCOc2cc(C)ccc2C)S(=O)(=O)c2ccccc2)cc1. The molecule has 1 amide bonds. The summed E-state index contributed by atoms with van der Waals surface area (Å²) in [4.78, 5) is 12.8. The Labute approximate surface area is 195 Å². The molecular weight excluding hydrogens is 440 g/mol. The minimum atomic E-state index is -3.95. The second kappa shape index (κ2) is 10.9. The van der Waals surface area contributed by atoms with Gasteiger partial charge < -0.3 is 14.8 Å². The van der Waals surface area contributed by atoms with Crippen LogP contribution in [0, 0.1) is 13.8 Å². The predicted octanol–water partition coefficient (Wildman–Crippen LogP) is 3.70. The number of hydrogen-bond donors (Lipinski definition) is 1. The van der Waals surface area contributed by atoms with E-state index >= 15 is 0 Å². The van der Waals surface area contributed by atoms with Gasteiger partial charge in [-0.1, -0.05) is 30.3 Å². The van der Waals surface area contributed by atoms with Gasteiger partial charge in [-0.2, -0.15) is 0 Å². The normalized spacial score (nSPS) is 11.0. The summed E-state index contributed by atoms with van der Waals surface area (Å²) in [7, 11) is -2.42. The van der Waals surface area contributed by atoms with E-state index in [1.54, 1.807) is 42.5 Å². The van der Waals surface area contributed by atoms with Gasteiger partial charge in [0.25, 0.3) is 10.0 Å². The van der Waals surface area contributed by atoms with Gasteiger partial charge >= 0.3 is 0 Å². The molecule has 0 aliphatic heterocycles. The van der Waals surface area contributed by atoms with Crippen molar-refractivity contribution < 1.29 is 22.7 Å². The molecule has 3 aromatic carbocycles. The molecule has 0 spiro atoms. The average Bonchev–Trinajstić information content (AvgIpc) is 2.83. The zero-order chi connectivity index (χ0) is 23.8. The fraction of sp³-hybridized carbons (Fsp3) is 0.240. The van der Waals surface area contributed by atoms with Gasteiger partial charge in [-0.05, 0) is 67.4 Å². The Bertz CT molecular complexity index is 1180. The van der Waals surface area contributed by atoms with Crippen LogP contribution in [-0.2, 0) is 14.8 Å². The lowest BCUT2D eigenvalue weighted by Gasteiger charge is -2.24. The highest BCUT2D eigenvalue weighted by atomic mass is 32.2. The van der Waals surface area contributed by atoms with Crippen LogP contribution in [0.5, 0.6) is 11.5 Å². The Balaban J connectivity index is 1.70. The lowest BCUT2D eigenvalue weighted by atomic mass is 10.1. The zero-order valence-electron chi connectivity index (χ0n) is 18.9. The van der Waals surface area contributed by atoms with E-state index in [4.69, 9.17) is 9.47 Å². The first-order valence-corrected chi connectivity index (χ1v) is 11.9. The van der Waals surface area contributed by atoms with Crippen LogP contribution in [0.15, 0.2) is 77.7 Å². The molecule has 1 N–H and O–H groups in total. The highest BCUT2D eigenvalue weighted by Gasteiger charge is 2.27. The summed E-state index contributed by atoms with van der Waals surface area (Å²) in [5.74, 6) is 0.912. The topological polar surface area (TPSA) is 84.9 Å². The quantitative estimate of drug-likeness (QED) is 0.459. The van der Waals surface area contributed by atoms with Crippen LogP contribution in [0.1, 0.15) is 11.1 Å². The number of hydrogen-bond acceptors (Lipinski definition) is 5. The van der Waals surface area contributed by atoms with E-state index in [2.05, 4.69) is 5.32 Å². The van der Waals surface area contributed by atoms with Gasteiger partial charge in [-0.15, -0.1) is 0 Å². The number of amides is 1. The molecule has 0 saturated carbocycles. The summed E-state index contributed by atoms with van der Waals surface area (Å²) in [6, 6.07) is 20.5. The molecule has 0 saturated heterocycles. The van der Waals surface area contributed by atoms with E-state index in [-0.39, 0.29) is 24.6 Å². The molecule has 0 aromatic heterocycles. The number of aryl methyl sites for hydroxylation is 2. The van der Waals surface area contributed by atoms with Gasteiger partial charge in [0, 0.05) is 0 Å². The molecule has 0 aliphatic rings. The monoisotopic (exact) mass is 468 g/mol. The van der Waals surface area contributed by atoms with E-state index in [1.165, 1.54) is 19.2 Å².